The Morgan fingerprint density at radius 1 is 1.19 bits per heavy atom. The maximum absolute atomic E-state index is 13.1. The molecule has 0 aliphatic heterocycles. The number of oxazole rings is 1. The van der Waals surface area contributed by atoms with Crippen LogP contribution in [0.1, 0.15) is 15.9 Å². The Morgan fingerprint density at radius 3 is 2.67 bits per heavy atom. The van der Waals surface area contributed by atoms with Gasteiger partial charge in [0.15, 0.2) is 5.58 Å². The normalized spacial score (nSPS) is 12.0. The Hall–Kier alpha value is -3.56. The predicted molar refractivity (Wildman–Crippen MR) is 90.0 cm³/mol. The molecular formula is C17H11F3N4O3. The van der Waals surface area contributed by atoms with Crippen molar-refractivity contribution in [2.45, 2.75) is 6.18 Å². The monoisotopic (exact) mass is 376 g/mol. The summed E-state index contributed by atoms with van der Waals surface area (Å²) in [5.74, 6) is -0.844. The third-order valence-electron chi connectivity index (χ3n) is 4.07. The van der Waals surface area contributed by atoms with Crippen LogP contribution < -0.4 is 5.32 Å². The molecule has 4 aromatic rings. The lowest BCUT2D eigenvalue weighted by molar-refractivity contribution is -0.136. The maximum Gasteiger partial charge on any atom is 0.420 e. The number of carboxylic acids is 1. The van der Waals surface area contributed by atoms with Crippen molar-refractivity contribution in [1.82, 2.24) is 14.5 Å². The van der Waals surface area contributed by atoms with Crippen LogP contribution >= 0.6 is 0 Å². The van der Waals surface area contributed by atoms with E-state index in [1.807, 2.05) is 0 Å². The highest BCUT2D eigenvalue weighted by Gasteiger charge is 2.34. The minimum atomic E-state index is -4.57. The molecule has 0 radical (unpaired) electrons. The van der Waals surface area contributed by atoms with E-state index in [4.69, 9.17) is 9.52 Å². The quantitative estimate of drug-likeness (QED) is 0.557. The van der Waals surface area contributed by atoms with Crippen LogP contribution in [0.4, 0.5) is 25.1 Å². The second-order valence-corrected chi connectivity index (χ2v) is 5.80. The zero-order valence-corrected chi connectivity index (χ0v) is 13.7. The fraction of sp³-hybridized carbons (Fsp3) is 0.118. The van der Waals surface area contributed by atoms with Crippen LogP contribution in [0.3, 0.4) is 0 Å². The summed E-state index contributed by atoms with van der Waals surface area (Å²) in [6, 6.07) is 7.85. The van der Waals surface area contributed by atoms with Gasteiger partial charge in [0.25, 0.3) is 0 Å². The lowest BCUT2D eigenvalue weighted by atomic mass is 10.2. The number of para-hydroxylation sites is 1. The number of carbonyl (C=O) groups is 1. The molecule has 0 bridgehead atoms. The first-order chi connectivity index (χ1) is 12.7. The summed E-state index contributed by atoms with van der Waals surface area (Å²) < 4.78 is 46.1. The van der Waals surface area contributed by atoms with Crippen LogP contribution in [0, 0.1) is 0 Å². The minimum absolute atomic E-state index is 0.0549. The Morgan fingerprint density at radius 2 is 1.96 bits per heavy atom. The molecule has 2 aromatic heterocycles. The number of rotatable bonds is 3. The van der Waals surface area contributed by atoms with Crippen molar-refractivity contribution < 1.29 is 27.5 Å². The molecule has 0 atom stereocenters. The summed E-state index contributed by atoms with van der Waals surface area (Å²) in [6.45, 7) is 0. The molecule has 2 heterocycles. The summed E-state index contributed by atoms with van der Waals surface area (Å²) in [5, 5.41) is 11.8. The maximum atomic E-state index is 13.1. The second kappa shape index (κ2) is 5.73. The van der Waals surface area contributed by atoms with Crippen molar-refractivity contribution in [2.75, 3.05) is 5.32 Å². The molecule has 7 nitrogen and oxygen atoms in total. The van der Waals surface area contributed by atoms with Gasteiger partial charge < -0.3 is 14.1 Å². The van der Waals surface area contributed by atoms with Crippen LogP contribution in [0.15, 0.2) is 40.8 Å². The number of hydrogen-bond donors (Lipinski definition) is 2. The summed E-state index contributed by atoms with van der Waals surface area (Å²) in [4.78, 5) is 19.3. The van der Waals surface area contributed by atoms with Crippen molar-refractivity contribution in [3.05, 3.63) is 47.5 Å². The molecular weight excluding hydrogens is 365 g/mol. The van der Waals surface area contributed by atoms with E-state index in [1.165, 1.54) is 24.3 Å². The second-order valence-electron chi connectivity index (χ2n) is 5.80. The molecule has 0 amide bonds. The van der Waals surface area contributed by atoms with E-state index in [2.05, 4.69) is 15.3 Å². The van der Waals surface area contributed by atoms with Crippen molar-refractivity contribution in [1.29, 1.82) is 0 Å². The van der Waals surface area contributed by atoms with Gasteiger partial charge in [0.1, 0.15) is 11.1 Å². The van der Waals surface area contributed by atoms with Crippen molar-refractivity contribution in [3.63, 3.8) is 0 Å². The largest absolute Gasteiger partial charge is 0.478 e. The number of halogens is 3. The van der Waals surface area contributed by atoms with Gasteiger partial charge in [-0.2, -0.15) is 18.2 Å². The fourth-order valence-corrected chi connectivity index (χ4v) is 2.77. The van der Waals surface area contributed by atoms with Gasteiger partial charge in [-0.15, -0.1) is 0 Å². The molecule has 0 fully saturated rings. The number of nitrogens with zero attached hydrogens (tertiary/aromatic N) is 3. The number of benzene rings is 2. The number of imidazole rings is 1. The average Bonchev–Trinajstić information content (AvgIpc) is 3.14. The molecule has 0 unspecified atom stereocenters. The van der Waals surface area contributed by atoms with Crippen LogP contribution in [-0.2, 0) is 13.2 Å². The van der Waals surface area contributed by atoms with E-state index in [1.54, 1.807) is 17.7 Å². The highest BCUT2D eigenvalue weighted by Crippen LogP contribution is 2.36. The molecule has 0 saturated heterocycles. The SMILES string of the molecule is Cn1c(Nc2nc3cccc(C(F)(F)F)c3o2)nc2cc(C(=O)O)ccc21. The molecule has 10 heteroatoms. The van der Waals surface area contributed by atoms with E-state index in [-0.39, 0.29) is 28.6 Å². The number of hydrogen-bond acceptors (Lipinski definition) is 5. The van der Waals surface area contributed by atoms with Crippen LogP contribution in [-0.4, -0.2) is 25.6 Å². The predicted octanol–water partition coefficient (Wildman–Crippen LogP) is 4.18. The Balaban J connectivity index is 1.76. The third kappa shape index (κ3) is 2.84. The molecule has 0 aliphatic carbocycles. The first kappa shape index (κ1) is 16.9. The standard InChI is InChI=1S/C17H11F3N4O3/c1-24-12-6-5-8(14(25)26)7-11(12)21-15(24)23-16-22-10-4-2-3-9(13(10)27-16)17(18,19)20/h2-7H,1H3,(H,25,26)(H,21,22,23). The van der Waals surface area contributed by atoms with Gasteiger partial charge in [0, 0.05) is 7.05 Å². The lowest BCUT2D eigenvalue weighted by Gasteiger charge is -2.05. The number of alkyl halides is 3. The molecule has 0 saturated carbocycles. The van der Waals surface area contributed by atoms with E-state index < -0.39 is 17.7 Å². The highest BCUT2D eigenvalue weighted by atomic mass is 19.4. The number of aryl methyl sites for hydroxylation is 1. The van der Waals surface area contributed by atoms with E-state index in [0.29, 0.717) is 11.0 Å². The fourth-order valence-electron chi connectivity index (χ4n) is 2.77. The molecule has 138 valence electrons. The van der Waals surface area contributed by atoms with Gasteiger partial charge >= 0.3 is 18.2 Å². The molecule has 4 rings (SSSR count). The van der Waals surface area contributed by atoms with Crippen molar-refractivity contribution in [3.8, 4) is 0 Å². The Kier molecular flexibility index (Phi) is 3.58. The average molecular weight is 376 g/mol. The van der Waals surface area contributed by atoms with Crippen LogP contribution in [0.25, 0.3) is 22.1 Å². The molecule has 0 aliphatic rings. The minimum Gasteiger partial charge on any atom is -0.478 e. The first-order valence-electron chi connectivity index (χ1n) is 7.67. The number of aromatic nitrogens is 3. The zero-order chi connectivity index (χ0) is 19.3. The van der Waals surface area contributed by atoms with E-state index in [0.717, 1.165) is 6.07 Å². The number of aromatic carboxylic acids is 1. The zero-order valence-electron chi connectivity index (χ0n) is 13.7. The van der Waals surface area contributed by atoms with Gasteiger partial charge in [-0.05, 0) is 30.3 Å². The van der Waals surface area contributed by atoms with Gasteiger partial charge in [-0.1, -0.05) is 6.07 Å². The van der Waals surface area contributed by atoms with Crippen LogP contribution in [0.2, 0.25) is 0 Å². The van der Waals surface area contributed by atoms with Gasteiger partial charge in [0.2, 0.25) is 5.95 Å². The molecule has 27 heavy (non-hydrogen) atoms. The number of fused-ring (bicyclic) bond motifs is 2. The third-order valence-corrected chi connectivity index (χ3v) is 4.07. The van der Waals surface area contributed by atoms with Crippen molar-refractivity contribution in [2.24, 2.45) is 7.05 Å². The smallest absolute Gasteiger partial charge is 0.420 e. The molecule has 2 N–H and O–H groups in total. The molecule has 2 aromatic carbocycles. The van der Waals surface area contributed by atoms with Gasteiger partial charge in [-0.3, -0.25) is 5.32 Å². The van der Waals surface area contributed by atoms with Gasteiger partial charge in [-0.25, -0.2) is 9.78 Å². The van der Waals surface area contributed by atoms with Crippen molar-refractivity contribution >= 4 is 40.1 Å². The summed E-state index contributed by atoms with van der Waals surface area (Å²) >= 11 is 0. The number of carboxylic acid groups (broad SMARTS) is 1. The topological polar surface area (TPSA) is 93.2 Å². The summed E-state index contributed by atoms with van der Waals surface area (Å²) in [5.41, 5.74) is -0.124. The summed E-state index contributed by atoms with van der Waals surface area (Å²) in [7, 11) is 1.67. The summed E-state index contributed by atoms with van der Waals surface area (Å²) in [6.07, 6.45) is -4.57. The van der Waals surface area contributed by atoms with Crippen LogP contribution in [0.5, 0.6) is 0 Å². The lowest BCUT2D eigenvalue weighted by Crippen LogP contribution is -2.04. The molecule has 0 spiro atoms. The Labute approximate surface area is 149 Å². The van der Waals surface area contributed by atoms with E-state index in [9.17, 15) is 18.0 Å². The first-order valence-corrected chi connectivity index (χ1v) is 7.67. The number of anilines is 2. The Bertz CT molecular complexity index is 1190. The highest BCUT2D eigenvalue weighted by molar-refractivity contribution is 5.93. The van der Waals surface area contributed by atoms with Gasteiger partial charge in [0.05, 0.1) is 16.6 Å². The number of nitrogens with one attached hydrogen (secondary N) is 1. The van der Waals surface area contributed by atoms with E-state index >= 15 is 0 Å².